The van der Waals surface area contributed by atoms with E-state index in [2.05, 4.69) is 9.97 Å². The van der Waals surface area contributed by atoms with E-state index in [1.807, 2.05) is 26.2 Å². The van der Waals surface area contributed by atoms with E-state index >= 15 is 0 Å². The van der Waals surface area contributed by atoms with Crippen LogP contribution in [-0.2, 0) is 0 Å². The zero-order valence-electron chi connectivity index (χ0n) is 7.32. The molecule has 0 amide bonds. The van der Waals surface area contributed by atoms with Crippen LogP contribution in [0.5, 0.6) is 0 Å². The fraction of sp³-hybridized carbons (Fsp3) is 0.500. The van der Waals surface area contributed by atoms with E-state index in [0.717, 1.165) is 16.5 Å². The van der Waals surface area contributed by atoms with Crippen molar-refractivity contribution in [3.8, 4) is 0 Å². The van der Waals surface area contributed by atoms with Gasteiger partial charge in [-0.15, -0.1) is 0 Å². The molecule has 2 N–H and O–H groups in total. The fourth-order valence-corrected chi connectivity index (χ4v) is 1.33. The summed E-state index contributed by atoms with van der Waals surface area (Å²) in [6.45, 7) is 3.95. The molecule has 66 valence electrons. The molecule has 0 aliphatic heterocycles. The van der Waals surface area contributed by atoms with Crippen LogP contribution in [0.3, 0.4) is 0 Å². The number of nitrogens with zero attached hydrogens (tertiary/aromatic N) is 2. The quantitative estimate of drug-likeness (QED) is 0.565. The first-order chi connectivity index (χ1) is 5.68. The summed E-state index contributed by atoms with van der Waals surface area (Å²) in [5.41, 5.74) is 6.68. The molecule has 0 radical (unpaired) electrons. The number of nitrogens with two attached hydrogens (primary N) is 1. The van der Waals surface area contributed by atoms with Crippen molar-refractivity contribution in [2.24, 2.45) is 5.73 Å². The van der Waals surface area contributed by atoms with Crippen LogP contribution in [0, 0.1) is 6.92 Å². The standard InChI is InChI=1S/C8H13N3S/c1-6-3-10-8(11-4-6)12-5-7(2)9/h3-4,7H,5,9H2,1-2H3. The van der Waals surface area contributed by atoms with Crippen LogP contribution in [0.15, 0.2) is 17.6 Å². The predicted molar refractivity (Wildman–Crippen MR) is 51.1 cm³/mol. The molecule has 3 nitrogen and oxygen atoms in total. The van der Waals surface area contributed by atoms with Crippen LogP contribution in [0.2, 0.25) is 0 Å². The van der Waals surface area contributed by atoms with Gasteiger partial charge in [0, 0.05) is 24.2 Å². The molecule has 1 heterocycles. The van der Waals surface area contributed by atoms with Crippen molar-refractivity contribution in [1.82, 2.24) is 9.97 Å². The van der Waals surface area contributed by atoms with Crippen molar-refractivity contribution in [2.45, 2.75) is 25.0 Å². The highest BCUT2D eigenvalue weighted by Gasteiger charge is 1.98. The second-order valence-corrected chi connectivity index (χ2v) is 3.82. The van der Waals surface area contributed by atoms with Gasteiger partial charge in [-0.25, -0.2) is 9.97 Å². The van der Waals surface area contributed by atoms with Gasteiger partial charge in [-0.3, -0.25) is 0 Å². The third-order valence-corrected chi connectivity index (χ3v) is 2.39. The van der Waals surface area contributed by atoms with Crippen LogP contribution in [0.25, 0.3) is 0 Å². The first-order valence-corrected chi connectivity index (χ1v) is 4.84. The van der Waals surface area contributed by atoms with Crippen LogP contribution in [-0.4, -0.2) is 21.8 Å². The highest BCUT2D eigenvalue weighted by atomic mass is 32.2. The molecule has 1 unspecified atom stereocenters. The lowest BCUT2D eigenvalue weighted by Crippen LogP contribution is -2.17. The summed E-state index contributed by atoms with van der Waals surface area (Å²) in [7, 11) is 0. The smallest absolute Gasteiger partial charge is 0.187 e. The molecule has 0 saturated carbocycles. The van der Waals surface area contributed by atoms with Crippen molar-refractivity contribution in [3.63, 3.8) is 0 Å². The zero-order chi connectivity index (χ0) is 8.97. The van der Waals surface area contributed by atoms with Crippen LogP contribution in [0.1, 0.15) is 12.5 Å². The predicted octanol–water partition coefficient (Wildman–Crippen LogP) is 1.22. The summed E-state index contributed by atoms with van der Waals surface area (Å²) in [5.74, 6) is 0.864. The molecule has 0 aliphatic rings. The van der Waals surface area contributed by atoms with Gasteiger partial charge in [-0.2, -0.15) is 0 Å². The Bertz CT molecular complexity index is 233. The molecule has 1 aromatic rings. The van der Waals surface area contributed by atoms with Crippen molar-refractivity contribution in [3.05, 3.63) is 18.0 Å². The Hall–Kier alpha value is -0.610. The Labute approximate surface area is 76.8 Å². The minimum absolute atomic E-state index is 0.194. The number of aryl methyl sites for hydroxylation is 1. The van der Waals surface area contributed by atoms with E-state index in [1.54, 1.807) is 11.8 Å². The second-order valence-electron chi connectivity index (χ2n) is 2.83. The molecule has 1 atom stereocenters. The van der Waals surface area contributed by atoms with E-state index in [-0.39, 0.29) is 6.04 Å². The molecule has 4 heteroatoms. The Morgan fingerprint density at radius 2 is 2.08 bits per heavy atom. The summed E-state index contributed by atoms with van der Waals surface area (Å²) in [5, 5.41) is 0.804. The highest BCUT2D eigenvalue weighted by Crippen LogP contribution is 2.11. The molecule has 0 aliphatic carbocycles. The Kier molecular flexibility index (Phi) is 3.49. The monoisotopic (exact) mass is 183 g/mol. The van der Waals surface area contributed by atoms with Gasteiger partial charge >= 0.3 is 0 Å². The van der Waals surface area contributed by atoms with Crippen LogP contribution >= 0.6 is 11.8 Å². The summed E-state index contributed by atoms with van der Waals surface area (Å²) in [6, 6.07) is 0.194. The number of hydrogen-bond acceptors (Lipinski definition) is 4. The van der Waals surface area contributed by atoms with Gasteiger partial charge in [0.05, 0.1) is 0 Å². The maximum absolute atomic E-state index is 5.59. The summed E-state index contributed by atoms with van der Waals surface area (Å²) in [6.07, 6.45) is 3.63. The average Bonchev–Trinajstić information content (AvgIpc) is 2.03. The van der Waals surface area contributed by atoms with Crippen molar-refractivity contribution < 1.29 is 0 Å². The lowest BCUT2D eigenvalue weighted by atomic mass is 10.4. The maximum Gasteiger partial charge on any atom is 0.187 e. The molecular formula is C8H13N3S. The Morgan fingerprint density at radius 3 is 2.58 bits per heavy atom. The van der Waals surface area contributed by atoms with Crippen molar-refractivity contribution in [2.75, 3.05) is 5.75 Å². The van der Waals surface area contributed by atoms with E-state index in [1.165, 1.54) is 0 Å². The molecule has 1 rings (SSSR count). The number of hydrogen-bond donors (Lipinski definition) is 1. The van der Waals surface area contributed by atoms with Gasteiger partial charge in [0.1, 0.15) is 0 Å². The third-order valence-electron chi connectivity index (χ3n) is 1.23. The molecule has 0 aromatic carbocycles. The molecular weight excluding hydrogens is 170 g/mol. The van der Waals surface area contributed by atoms with Gasteiger partial charge < -0.3 is 5.73 Å². The number of thioether (sulfide) groups is 1. The second kappa shape index (κ2) is 4.42. The van der Waals surface area contributed by atoms with Crippen molar-refractivity contribution >= 4 is 11.8 Å². The van der Waals surface area contributed by atoms with E-state index < -0.39 is 0 Å². The first kappa shape index (κ1) is 9.48. The van der Waals surface area contributed by atoms with Gasteiger partial charge in [0.15, 0.2) is 5.16 Å². The zero-order valence-corrected chi connectivity index (χ0v) is 8.14. The topological polar surface area (TPSA) is 51.8 Å². The summed E-state index contributed by atoms with van der Waals surface area (Å²) >= 11 is 1.59. The Balaban J connectivity index is 2.48. The van der Waals surface area contributed by atoms with E-state index in [9.17, 15) is 0 Å². The number of aromatic nitrogens is 2. The highest BCUT2D eigenvalue weighted by molar-refractivity contribution is 7.99. The lowest BCUT2D eigenvalue weighted by molar-refractivity contribution is 0.841. The van der Waals surface area contributed by atoms with Gasteiger partial charge in [0.25, 0.3) is 0 Å². The largest absolute Gasteiger partial charge is 0.327 e. The van der Waals surface area contributed by atoms with E-state index in [4.69, 9.17) is 5.73 Å². The third kappa shape index (κ3) is 3.19. The van der Waals surface area contributed by atoms with Gasteiger partial charge in [0.2, 0.25) is 0 Å². The minimum Gasteiger partial charge on any atom is -0.327 e. The first-order valence-electron chi connectivity index (χ1n) is 3.85. The molecule has 0 fully saturated rings. The summed E-state index contributed by atoms with van der Waals surface area (Å²) in [4.78, 5) is 8.29. The van der Waals surface area contributed by atoms with Gasteiger partial charge in [-0.1, -0.05) is 11.8 Å². The molecule has 1 aromatic heterocycles. The average molecular weight is 183 g/mol. The normalized spacial score (nSPS) is 12.9. The minimum atomic E-state index is 0.194. The van der Waals surface area contributed by atoms with Crippen LogP contribution < -0.4 is 5.73 Å². The number of rotatable bonds is 3. The van der Waals surface area contributed by atoms with Crippen LogP contribution in [0.4, 0.5) is 0 Å². The van der Waals surface area contributed by atoms with Crippen molar-refractivity contribution in [1.29, 1.82) is 0 Å². The fourth-order valence-electron chi connectivity index (χ4n) is 0.661. The molecule has 0 spiro atoms. The lowest BCUT2D eigenvalue weighted by Gasteiger charge is -2.02. The molecule has 0 bridgehead atoms. The SMILES string of the molecule is Cc1cnc(SCC(C)N)nc1. The van der Waals surface area contributed by atoms with Gasteiger partial charge in [-0.05, 0) is 19.4 Å². The summed E-state index contributed by atoms with van der Waals surface area (Å²) < 4.78 is 0. The molecule has 12 heavy (non-hydrogen) atoms. The Morgan fingerprint density at radius 1 is 1.50 bits per heavy atom. The maximum atomic E-state index is 5.59. The van der Waals surface area contributed by atoms with E-state index in [0.29, 0.717) is 0 Å². The molecule has 0 saturated heterocycles.